The molecule has 27 heavy (non-hydrogen) atoms. The Morgan fingerprint density at radius 2 is 2.00 bits per heavy atom. The van der Waals surface area contributed by atoms with E-state index >= 15 is 0 Å². The number of aromatic nitrogens is 1. The number of rotatable bonds is 6. The maximum atomic E-state index is 6.03. The molecule has 1 aromatic carbocycles. The van der Waals surface area contributed by atoms with Crippen LogP contribution in [0.5, 0.6) is 0 Å². The van der Waals surface area contributed by atoms with Crippen LogP contribution in [0.4, 0.5) is 0 Å². The van der Waals surface area contributed by atoms with Crippen LogP contribution in [0.1, 0.15) is 12.0 Å². The van der Waals surface area contributed by atoms with Crippen molar-refractivity contribution in [2.75, 3.05) is 39.8 Å². The Morgan fingerprint density at radius 3 is 2.74 bits per heavy atom. The maximum Gasteiger partial charge on any atom is 0.218 e. The largest absolute Gasteiger partial charge is 0.361 e. The summed E-state index contributed by atoms with van der Waals surface area (Å²) in [6, 6.07) is 8.53. The monoisotopic (exact) mass is 386 g/mol. The van der Waals surface area contributed by atoms with E-state index in [2.05, 4.69) is 50.6 Å². The number of aromatic amines is 1. The van der Waals surface area contributed by atoms with Crippen LogP contribution in [0.25, 0.3) is 10.9 Å². The summed E-state index contributed by atoms with van der Waals surface area (Å²) in [4.78, 5) is 8.25. The molecule has 6 heteroatoms. The van der Waals surface area contributed by atoms with Crippen molar-refractivity contribution in [2.45, 2.75) is 18.7 Å². The number of piperazine rings is 1. The van der Waals surface area contributed by atoms with E-state index in [9.17, 15) is 0 Å². The van der Waals surface area contributed by atoms with Gasteiger partial charge in [-0.05, 0) is 43.2 Å². The predicted molar refractivity (Wildman–Crippen MR) is 111 cm³/mol. The van der Waals surface area contributed by atoms with Crippen LogP contribution < -0.4 is 5.32 Å². The first-order valence-corrected chi connectivity index (χ1v) is 9.98. The first-order valence-electron chi connectivity index (χ1n) is 9.60. The third kappa shape index (κ3) is 3.92. The molecule has 0 saturated carbocycles. The van der Waals surface area contributed by atoms with E-state index in [1.165, 1.54) is 22.9 Å². The van der Waals surface area contributed by atoms with E-state index in [1.54, 1.807) is 13.3 Å². The highest BCUT2D eigenvalue weighted by atomic mass is 35.5. The van der Waals surface area contributed by atoms with E-state index in [0.717, 1.165) is 39.1 Å². The van der Waals surface area contributed by atoms with Crippen molar-refractivity contribution in [1.29, 1.82) is 0 Å². The molecule has 0 bridgehead atoms. The smallest absolute Gasteiger partial charge is 0.218 e. The standard InChI is InChI=1S/C21H27ClN4O/c1-27-21(9-8-18(22)16-24-21)26-13-11-25(12-14-26)10-4-5-17-15-23-20-7-3-2-6-19(17)20/h2-3,6-9,15-16,23-24H,4-5,10-14H2,1H3. The molecule has 1 atom stereocenters. The third-order valence-electron chi connectivity index (χ3n) is 5.63. The number of nitrogens with one attached hydrogen (secondary N) is 2. The van der Waals surface area contributed by atoms with Gasteiger partial charge >= 0.3 is 0 Å². The summed E-state index contributed by atoms with van der Waals surface area (Å²) in [6.45, 7) is 5.15. The number of allylic oxidation sites excluding steroid dienone is 2. The molecule has 4 rings (SSSR count). The Balaban J connectivity index is 1.27. The van der Waals surface area contributed by atoms with E-state index in [4.69, 9.17) is 16.3 Å². The SMILES string of the molecule is COC1(N2CCN(CCCc3c[nH]c4ccccc34)CC2)C=CC(Cl)=CN1. The molecule has 2 aliphatic rings. The van der Waals surface area contributed by atoms with E-state index in [1.807, 2.05) is 12.2 Å². The molecule has 2 aliphatic heterocycles. The molecule has 144 valence electrons. The number of H-pyrrole nitrogens is 1. The minimum Gasteiger partial charge on any atom is -0.361 e. The zero-order valence-corrected chi connectivity index (χ0v) is 16.5. The van der Waals surface area contributed by atoms with Gasteiger partial charge in [-0.3, -0.25) is 4.90 Å². The van der Waals surface area contributed by atoms with Gasteiger partial charge in [0.15, 0.2) is 0 Å². The molecule has 0 amide bonds. The van der Waals surface area contributed by atoms with Gasteiger partial charge < -0.3 is 19.9 Å². The second-order valence-corrected chi connectivity index (χ2v) is 7.64. The van der Waals surface area contributed by atoms with Crippen molar-refractivity contribution >= 4 is 22.5 Å². The molecule has 1 saturated heterocycles. The van der Waals surface area contributed by atoms with Gasteiger partial charge in [0.1, 0.15) is 0 Å². The number of aryl methyl sites for hydroxylation is 1. The van der Waals surface area contributed by atoms with E-state index in [0.29, 0.717) is 5.03 Å². The normalized spacial score (nSPS) is 24.1. The Hall–Kier alpha value is -1.79. The van der Waals surface area contributed by atoms with Crippen molar-refractivity contribution in [2.24, 2.45) is 0 Å². The molecule has 1 fully saturated rings. The molecule has 1 aromatic heterocycles. The Labute approximate surface area is 165 Å². The lowest BCUT2D eigenvalue weighted by atomic mass is 10.1. The van der Waals surface area contributed by atoms with Crippen molar-refractivity contribution in [3.05, 3.63) is 59.4 Å². The number of ether oxygens (including phenoxy) is 1. The minimum absolute atomic E-state index is 0.575. The highest BCUT2D eigenvalue weighted by Crippen LogP contribution is 2.24. The number of para-hydroxylation sites is 1. The summed E-state index contributed by atoms with van der Waals surface area (Å²) in [5.74, 6) is -0.575. The van der Waals surface area contributed by atoms with Crippen molar-refractivity contribution in [1.82, 2.24) is 20.1 Å². The first-order chi connectivity index (χ1) is 13.2. The van der Waals surface area contributed by atoms with Crippen molar-refractivity contribution in [3.8, 4) is 0 Å². The molecular weight excluding hydrogens is 360 g/mol. The zero-order chi connectivity index (χ0) is 18.7. The second-order valence-electron chi connectivity index (χ2n) is 7.20. The van der Waals surface area contributed by atoms with Crippen molar-refractivity contribution < 1.29 is 4.74 Å². The Bertz CT molecular complexity index is 838. The van der Waals surface area contributed by atoms with E-state index in [-0.39, 0.29) is 0 Å². The van der Waals surface area contributed by atoms with Gasteiger partial charge in [-0.25, -0.2) is 0 Å². The molecule has 3 heterocycles. The summed E-state index contributed by atoms with van der Waals surface area (Å²) >= 11 is 6.03. The summed E-state index contributed by atoms with van der Waals surface area (Å²) in [6.07, 6.45) is 10.1. The van der Waals surface area contributed by atoms with Crippen LogP contribution in [0.2, 0.25) is 0 Å². The predicted octanol–water partition coefficient (Wildman–Crippen LogP) is 3.26. The van der Waals surface area contributed by atoms with E-state index < -0.39 is 5.85 Å². The number of fused-ring (bicyclic) bond motifs is 1. The number of benzene rings is 1. The molecule has 2 N–H and O–H groups in total. The summed E-state index contributed by atoms with van der Waals surface area (Å²) in [5, 5.41) is 5.34. The third-order valence-corrected chi connectivity index (χ3v) is 5.87. The Morgan fingerprint density at radius 1 is 1.19 bits per heavy atom. The highest BCUT2D eigenvalue weighted by Gasteiger charge is 2.36. The van der Waals surface area contributed by atoms with Crippen LogP contribution in [0.15, 0.2) is 53.8 Å². The fourth-order valence-electron chi connectivity index (χ4n) is 4.05. The summed E-state index contributed by atoms with van der Waals surface area (Å²) < 4.78 is 5.78. The van der Waals surface area contributed by atoms with Gasteiger partial charge in [-0.1, -0.05) is 29.8 Å². The van der Waals surface area contributed by atoms with Gasteiger partial charge in [0.25, 0.3) is 0 Å². The zero-order valence-electron chi connectivity index (χ0n) is 15.7. The van der Waals surface area contributed by atoms with Crippen LogP contribution in [-0.4, -0.2) is 60.5 Å². The number of hydrogen-bond donors (Lipinski definition) is 2. The quantitative estimate of drug-likeness (QED) is 0.799. The van der Waals surface area contributed by atoms with Gasteiger partial charge in [0, 0.05) is 56.6 Å². The maximum absolute atomic E-state index is 6.03. The number of nitrogens with zero attached hydrogens (tertiary/aromatic N) is 2. The topological polar surface area (TPSA) is 43.5 Å². The summed E-state index contributed by atoms with van der Waals surface area (Å²) in [7, 11) is 1.73. The molecule has 0 spiro atoms. The first kappa shape index (κ1) is 18.6. The van der Waals surface area contributed by atoms with Crippen LogP contribution in [0.3, 0.4) is 0 Å². The fraction of sp³-hybridized carbons (Fsp3) is 0.429. The number of methoxy groups -OCH3 is 1. The number of hydrogen-bond acceptors (Lipinski definition) is 4. The van der Waals surface area contributed by atoms with Crippen LogP contribution in [-0.2, 0) is 11.2 Å². The lowest BCUT2D eigenvalue weighted by Crippen LogP contribution is -2.63. The Kier molecular flexibility index (Phi) is 5.55. The van der Waals surface area contributed by atoms with Gasteiger partial charge in [0.2, 0.25) is 5.85 Å². The van der Waals surface area contributed by atoms with Crippen LogP contribution >= 0.6 is 11.6 Å². The van der Waals surface area contributed by atoms with Crippen molar-refractivity contribution in [3.63, 3.8) is 0 Å². The molecule has 5 nitrogen and oxygen atoms in total. The fourth-order valence-corrected chi connectivity index (χ4v) is 4.17. The van der Waals surface area contributed by atoms with Gasteiger partial charge in [0.05, 0.1) is 5.03 Å². The van der Waals surface area contributed by atoms with Crippen LogP contribution in [0, 0.1) is 0 Å². The average Bonchev–Trinajstić information content (AvgIpc) is 3.13. The molecule has 2 aromatic rings. The highest BCUT2D eigenvalue weighted by molar-refractivity contribution is 6.31. The lowest BCUT2D eigenvalue weighted by molar-refractivity contribution is -0.129. The lowest BCUT2D eigenvalue weighted by Gasteiger charge is -2.46. The second kappa shape index (κ2) is 8.07. The number of dihydropyridines is 1. The van der Waals surface area contributed by atoms with Gasteiger partial charge in [-0.15, -0.1) is 0 Å². The molecular formula is C21H27ClN4O. The molecule has 1 unspecified atom stereocenters. The minimum atomic E-state index is -0.575. The average molecular weight is 387 g/mol. The number of halogens is 1. The molecule has 0 radical (unpaired) electrons. The molecule has 0 aliphatic carbocycles. The summed E-state index contributed by atoms with van der Waals surface area (Å²) in [5.41, 5.74) is 2.65. The van der Waals surface area contributed by atoms with Gasteiger partial charge in [-0.2, -0.15) is 0 Å².